The highest BCUT2D eigenvalue weighted by Crippen LogP contribution is 2.22. The number of unbranched alkanes of at least 4 members (excludes halogenated alkanes) is 2. The van der Waals surface area contributed by atoms with Gasteiger partial charge in [0.2, 0.25) is 5.91 Å². The Morgan fingerprint density at radius 1 is 1.03 bits per heavy atom. The normalized spacial score (nSPS) is 29.0. The first kappa shape index (κ1) is 29.2. The van der Waals surface area contributed by atoms with E-state index in [1.54, 1.807) is 0 Å². The van der Waals surface area contributed by atoms with Gasteiger partial charge in [0.1, 0.15) is 24.4 Å². The minimum Gasteiger partial charge on any atom is -0.394 e. The number of nitrogens with one attached hydrogen (secondary N) is 1. The van der Waals surface area contributed by atoms with Crippen molar-refractivity contribution in [1.29, 1.82) is 0 Å². The number of aliphatic hydroxyl groups excluding tert-OH is 6. The van der Waals surface area contributed by atoms with Crippen LogP contribution in [-0.4, -0.2) is 98.7 Å². The van der Waals surface area contributed by atoms with Crippen molar-refractivity contribution >= 4 is 5.91 Å². The van der Waals surface area contributed by atoms with E-state index in [-0.39, 0.29) is 13.0 Å². The molecule has 3 unspecified atom stereocenters. The summed E-state index contributed by atoms with van der Waals surface area (Å²) < 4.78 is 10.8. The van der Waals surface area contributed by atoms with E-state index >= 15 is 0 Å². The molecule has 0 aromatic heterocycles. The molecule has 1 saturated heterocycles. The molecule has 1 amide bonds. The van der Waals surface area contributed by atoms with E-state index in [0.717, 1.165) is 19.3 Å². The zero-order valence-corrected chi connectivity index (χ0v) is 19.5. The first-order valence-electron chi connectivity index (χ1n) is 11.7. The molecule has 1 heterocycles. The van der Waals surface area contributed by atoms with Crippen LogP contribution in [-0.2, 0) is 14.3 Å². The second-order valence-corrected chi connectivity index (χ2v) is 9.10. The van der Waals surface area contributed by atoms with Gasteiger partial charge in [0.25, 0.3) is 0 Å². The summed E-state index contributed by atoms with van der Waals surface area (Å²) in [7, 11) is 0. The number of carbonyl (C=O) groups excluding carboxylic acids is 1. The van der Waals surface area contributed by atoms with Crippen LogP contribution < -0.4 is 5.32 Å². The van der Waals surface area contributed by atoms with Crippen LogP contribution in [0.1, 0.15) is 65.7 Å². The van der Waals surface area contributed by atoms with Gasteiger partial charge in [-0.05, 0) is 25.2 Å². The van der Waals surface area contributed by atoms with E-state index in [1.165, 1.54) is 0 Å². The number of carbonyl (C=O) groups is 1. The van der Waals surface area contributed by atoms with E-state index in [0.29, 0.717) is 25.2 Å². The van der Waals surface area contributed by atoms with Crippen LogP contribution in [0.4, 0.5) is 0 Å². The molecule has 0 bridgehead atoms. The first-order valence-corrected chi connectivity index (χ1v) is 11.7. The van der Waals surface area contributed by atoms with E-state index in [9.17, 15) is 35.4 Å². The number of aliphatic hydroxyl groups is 6. The van der Waals surface area contributed by atoms with Gasteiger partial charge in [-0.15, -0.1) is 0 Å². The molecule has 0 aromatic carbocycles. The Morgan fingerprint density at radius 2 is 1.72 bits per heavy atom. The molecule has 32 heavy (non-hydrogen) atoms. The Labute approximate surface area is 190 Å². The molecule has 0 radical (unpaired) electrons. The van der Waals surface area contributed by atoms with Gasteiger partial charge in [-0.3, -0.25) is 4.79 Å². The van der Waals surface area contributed by atoms with Crippen LogP contribution in [0.25, 0.3) is 0 Å². The first-order chi connectivity index (χ1) is 15.1. The highest BCUT2D eigenvalue weighted by atomic mass is 16.7. The molecule has 0 aromatic rings. The Bertz CT molecular complexity index is 520. The Balaban J connectivity index is 2.71. The van der Waals surface area contributed by atoms with Gasteiger partial charge in [0.15, 0.2) is 6.29 Å². The predicted octanol–water partition coefficient (Wildman–Crippen LogP) is -0.584. The predicted molar refractivity (Wildman–Crippen MR) is 116 cm³/mol. The second-order valence-electron chi connectivity index (χ2n) is 9.10. The van der Waals surface area contributed by atoms with Crippen molar-refractivity contribution < 1.29 is 44.9 Å². The summed E-state index contributed by atoms with van der Waals surface area (Å²) in [6.45, 7) is 5.25. The minimum absolute atomic E-state index is 0.100. The van der Waals surface area contributed by atoms with E-state index in [4.69, 9.17) is 9.47 Å². The Hall–Kier alpha value is -0.850. The lowest BCUT2D eigenvalue weighted by Gasteiger charge is -2.40. The van der Waals surface area contributed by atoms with Crippen molar-refractivity contribution in [3.63, 3.8) is 0 Å². The molecule has 1 aliphatic rings. The van der Waals surface area contributed by atoms with Crippen molar-refractivity contribution in [3.8, 4) is 0 Å². The maximum atomic E-state index is 12.4. The number of rotatable bonds is 15. The number of hydrogen-bond acceptors (Lipinski definition) is 9. The lowest BCUT2D eigenvalue weighted by molar-refractivity contribution is -0.302. The number of amides is 1. The average molecular weight is 466 g/mol. The Kier molecular flexibility index (Phi) is 13.8. The summed E-state index contributed by atoms with van der Waals surface area (Å²) in [6, 6.07) is -0.837. The molecule has 1 aliphatic heterocycles. The highest BCUT2D eigenvalue weighted by molar-refractivity contribution is 5.76. The topological polar surface area (TPSA) is 169 Å². The van der Waals surface area contributed by atoms with Crippen LogP contribution in [0.5, 0.6) is 0 Å². The molecule has 1 fully saturated rings. The van der Waals surface area contributed by atoms with Crippen LogP contribution in [0.15, 0.2) is 0 Å². The van der Waals surface area contributed by atoms with Gasteiger partial charge in [-0.2, -0.15) is 0 Å². The van der Waals surface area contributed by atoms with Crippen LogP contribution in [0.3, 0.4) is 0 Å². The summed E-state index contributed by atoms with van der Waals surface area (Å²) in [5.41, 5.74) is 0. The van der Waals surface area contributed by atoms with Crippen molar-refractivity contribution in [1.82, 2.24) is 5.32 Å². The molecule has 0 saturated carbocycles. The van der Waals surface area contributed by atoms with Crippen LogP contribution in [0.2, 0.25) is 0 Å². The largest absolute Gasteiger partial charge is 0.394 e. The van der Waals surface area contributed by atoms with Gasteiger partial charge in [0, 0.05) is 0 Å². The molecule has 190 valence electrons. The minimum atomic E-state index is -1.58. The summed E-state index contributed by atoms with van der Waals surface area (Å²) in [5.74, 6) is -0.0900. The third kappa shape index (κ3) is 9.96. The van der Waals surface area contributed by atoms with Crippen molar-refractivity contribution in [2.75, 3.05) is 13.2 Å². The van der Waals surface area contributed by atoms with E-state index < -0.39 is 61.5 Å². The third-order valence-electron chi connectivity index (χ3n) is 5.70. The van der Waals surface area contributed by atoms with Gasteiger partial charge in [-0.1, -0.05) is 40.0 Å². The smallest absolute Gasteiger partial charge is 0.222 e. The summed E-state index contributed by atoms with van der Waals surface area (Å²) in [5, 5.41) is 62.6. The molecule has 0 spiro atoms. The van der Waals surface area contributed by atoms with Crippen molar-refractivity contribution in [2.45, 2.75) is 115 Å². The SMILES string of the molecule is CCCCC[C@@H](O)CC(=O)NC(CO[C@H]1OC(CO)[C@H](O)[C@H](O)C1O)[C@H](O)CCC(C)C. The van der Waals surface area contributed by atoms with Gasteiger partial charge in [-0.25, -0.2) is 0 Å². The van der Waals surface area contributed by atoms with Crippen molar-refractivity contribution in [3.05, 3.63) is 0 Å². The second kappa shape index (κ2) is 15.1. The molecular weight excluding hydrogens is 422 g/mol. The number of hydrogen-bond donors (Lipinski definition) is 7. The lowest BCUT2D eigenvalue weighted by atomic mass is 9.99. The maximum Gasteiger partial charge on any atom is 0.222 e. The van der Waals surface area contributed by atoms with E-state index in [2.05, 4.69) is 12.2 Å². The van der Waals surface area contributed by atoms with Crippen LogP contribution in [0, 0.1) is 5.92 Å². The van der Waals surface area contributed by atoms with Crippen molar-refractivity contribution in [2.24, 2.45) is 5.92 Å². The van der Waals surface area contributed by atoms with Gasteiger partial charge in [0.05, 0.1) is 37.9 Å². The molecule has 0 aliphatic carbocycles. The van der Waals surface area contributed by atoms with Gasteiger partial charge < -0.3 is 45.4 Å². The zero-order chi connectivity index (χ0) is 24.3. The average Bonchev–Trinajstić information content (AvgIpc) is 2.74. The monoisotopic (exact) mass is 465 g/mol. The summed E-state index contributed by atoms with van der Waals surface area (Å²) in [6.07, 6.45) is -4.50. The Morgan fingerprint density at radius 3 is 2.31 bits per heavy atom. The quantitative estimate of drug-likeness (QED) is 0.156. The lowest BCUT2D eigenvalue weighted by Crippen LogP contribution is -2.60. The maximum absolute atomic E-state index is 12.4. The highest BCUT2D eigenvalue weighted by Gasteiger charge is 2.44. The van der Waals surface area contributed by atoms with Crippen LogP contribution >= 0.6 is 0 Å². The van der Waals surface area contributed by atoms with E-state index in [1.807, 2.05) is 13.8 Å². The standard InChI is InChI=1S/C22H43NO9/c1-4-5-6-7-14(25)10-18(27)23-15(16(26)9-8-13(2)3)12-31-22-21(30)20(29)19(28)17(11-24)32-22/h13-17,19-22,24-26,28-30H,4-12H2,1-3H3,(H,23,27)/t14-,15?,16-,17?,19+,20+,21?,22+/m1/s1. The molecule has 1 rings (SSSR count). The summed E-state index contributed by atoms with van der Waals surface area (Å²) >= 11 is 0. The molecular formula is C22H43NO9. The molecule has 10 nitrogen and oxygen atoms in total. The molecule has 10 heteroatoms. The van der Waals surface area contributed by atoms with Gasteiger partial charge >= 0.3 is 0 Å². The summed E-state index contributed by atoms with van der Waals surface area (Å²) in [4.78, 5) is 12.4. The fourth-order valence-electron chi connectivity index (χ4n) is 3.57. The molecule has 8 atom stereocenters. The number of ether oxygens (including phenoxy) is 2. The molecule has 7 N–H and O–H groups in total. The third-order valence-corrected chi connectivity index (χ3v) is 5.70. The zero-order valence-electron chi connectivity index (χ0n) is 19.5. The fraction of sp³-hybridized carbons (Fsp3) is 0.955. The fourth-order valence-corrected chi connectivity index (χ4v) is 3.57.